The van der Waals surface area contributed by atoms with Gasteiger partial charge in [-0.1, -0.05) is 0 Å². The van der Waals surface area contributed by atoms with Crippen LogP contribution in [0.4, 0.5) is 0 Å². The molecule has 0 radical (unpaired) electrons. The molecule has 0 bridgehead atoms. The average Bonchev–Trinajstić information content (AvgIpc) is 2.85. The van der Waals surface area contributed by atoms with Crippen LogP contribution in [-0.4, -0.2) is 36.1 Å². The smallest absolute Gasteiger partial charge is 0.157 e. The Morgan fingerprint density at radius 3 is 2.75 bits per heavy atom. The normalized spacial score (nSPS) is 22.3. The standard InChI is InChI=1S/C14H25N3O2.ClH/c1-18-7-2-8-19-14-9-16-17(11-14)10-12-3-5-13(15)6-4-12;/h9,11-13H,2-8,10,15H2,1H3;1H. The van der Waals surface area contributed by atoms with Gasteiger partial charge >= 0.3 is 0 Å². The zero-order valence-corrected chi connectivity index (χ0v) is 13.0. The van der Waals surface area contributed by atoms with Crippen molar-refractivity contribution >= 4 is 12.4 Å². The summed E-state index contributed by atoms with van der Waals surface area (Å²) in [5.74, 6) is 1.56. The monoisotopic (exact) mass is 303 g/mol. The largest absolute Gasteiger partial charge is 0.490 e. The van der Waals surface area contributed by atoms with Gasteiger partial charge in [0.1, 0.15) is 0 Å². The molecule has 0 atom stereocenters. The van der Waals surface area contributed by atoms with Crippen LogP contribution in [0.1, 0.15) is 32.1 Å². The van der Waals surface area contributed by atoms with Crippen LogP contribution in [0, 0.1) is 5.92 Å². The lowest BCUT2D eigenvalue weighted by molar-refractivity contribution is 0.172. The van der Waals surface area contributed by atoms with Gasteiger partial charge in [-0.25, -0.2) is 0 Å². The van der Waals surface area contributed by atoms with Crippen LogP contribution in [-0.2, 0) is 11.3 Å². The van der Waals surface area contributed by atoms with Crippen LogP contribution in [0.5, 0.6) is 5.75 Å². The van der Waals surface area contributed by atoms with Crippen molar-refractivity contribution in [2.24, 2.45) is 11.7 Å². The summed E-state index contributed by atoms with van der Waals surface area (Å²) < 4.78 is 12.6. The number of halogens is 1. The van der Waals surface area contributed by atoms with Crippen molar-refractivity contribution < 1.29 is 9.47 Å². The fourth-order valence-electron chi connectivity index (χ4n) is 2.55. The second-order valence-electron chi connectivity index (χ2n) is 5.37. The number of ether oxygens (including phenoxy) is 2. The van der Waals surface area contributed by atoms with Gasteiger partial charge in [0.15, 0.2) is 5.75 Å². The number of methoxy groups -OCH3 is 1. The van der Waals surface area contributed by atoms with Crippen molar-refractivity contribution in [1.29, 1.82) is 0 Å². The number of nitrogens with zero attached hydrogens (tertiary/aromatic N) is 2. The third-order valence-corrected chi connectivity index (χ3v) is 3.71. The first-order valence-electron chi connectivity index (χ1n) is 7.17. The Kier molecular flexibility index (Phi) is 7.95. The van der Waals surface area contributed by atoms with Gasteiger partial charge in [0.05, 0.1) is 19.0 Å². The Labute approximate surface area is 127 Å². The van der Waals surface area contributed by atoms with E-state index in [0.717, 1.165) is 38.2 Å². The van der Waals surface area contributed by atoms with E-state index in [1.54, 1.807) is 13.3 Å². The van der Waals surface area contributed by atoms with Gasteiger partial charge < -0.3 is 15.2 Å². The van der Waals surface area contributed by atoms with Crippen LogP contribution in [0.15, 0.2) is 12.4 Å². The highest BCUT2D eigenvalue weighted by Crippen LogP contribution is 2.24. The SMILES string of the molecule is COCCCOc1cnn(CC2CCC(N)CC2)c1.Cl. The number of nitrogens with two attached hydrogens (primary N) is 1. The number of hydrogen-bond donors (Lipinski definition) is 1. The molecule has 1 aliphatic rings. The molecule has 0 saturated heterocycles. The van der Waals surface area contributed by atoms with Crippen molar-refractivity contribution in [2.45, 2.75) is 44.7 Å². The summed E-state index contributed by atoms with van der Waals surface area (Å²) in [6, 6.07) is 0.411. The molecule has 5 nitrogen and oxygen atoms in total. The first kappa shape index (κ1) is 17.3. The van der Waals surface area contributed by atoms with E-state index >= 15 is 0 Å². The summed E-state index contributed by atoms with van der Waals surface area (Å²) in [5.41, 5.74) is 5.92. The van der Waals surface area contributed by atoms with E-state index < -0.39 is 0 Å². The van der Waals surface area contributed by atoms with E-state index in [1.165, 1.54) is 12.8 Å². The zero-order chi connectivity index (χ0) is 13.5. The summed E-state index contributed by atoms with van der Waals surface area (Å²) in [5, 5.41) is 4.36. The highest BCUT2D eigenvalue weighted by Gasteiger charge is 2.19. The van der Waals surface area contributed by atoms with Crippen molar-refractivity contribution in [2.75, 3.05) is 20.3 Å². The molecule has 0 aliphatic heterocycles. The van der Waals surface area contributed by atoms with Crippen molar-refractivity contribution in [3.8, 4) is 5.75 Å². The van der Waals surface area contributed by atoms with E-state index in [0.29, 0.717) is 18.6 Å². The first-order chi connectivity index (χ1) is 9.28. The van der Waals surface area contributed by atoms with E-state index in [-0.39, 0.29) is 12.4 Å². The van der Waals surface area contributed by atoms with Gasteiger partial charge in [-0.2, -0.15) is 5.10 Å². The molecule has 116 valence electrons. The number of aromatic nitrogens is 2. The maximum absolute atomic E-state index is 5.92. The molecule has 1 heterocycles. The van der Waals surface area contributed by atoms with Gasteiger partial charge in [0.2, 0.25) is 0 Å². The third kappa shape index (κ3) is 5.69. The lowest BCUT2D eigenvalue weighted by Crippen LogP contribution is -2.28. The summed E-state index contributed by atoms with van der Waals surface area (Å²) >= 11 is 0. The van der Waals surface area contributed by atoms with Gasteiger partial charge in [0, 0.05) is 32.7 Å². The van der Waals surface area contributed by atoms with E-state index in [9.17, 15) is 0 Å². The molecular formula is C14H26ClN3O2. The molecule has 0 spiro atoms. The van der Waals surface area contributed by atoms with Gasteiger partial charge in [-0.05, 0) is 31.6 Å². The van der Waals surface area contributed by atoms with Gasteiger partial charge in [-0.15, -0.1) is 12.4 Å². The fraction of sp³-hybridized carbons (Fsp3) is 0.786. The highest BCUT2D eigenvalue weighted by atomic mass is 35.5. The minimum absolute atomic E-state index is 0. The second-order valence-corrected chi connectivity index (χ2v) is 5.37. The average molecular weight is 304 g/mol. The molecule has 1 fully saturated rings. The molecule has 6 heteroatoms. The van der Waals surface area contributed by atoms with Gasteiger partial charge in [0.25, 0.3) is 0 Å². The number of hydrogen-bond acceptors (Lipinski definition) is 4. The van der Waals surface area contributed by atoms with Crippen LogP contribution in [0.3, 0.4) is 0 Å². The van der Waals surface area contributed by atoms with Crippen molar-refractivity contribution in [3.63, 3.8) is 0 Å². The van der Waals surface area contributed by atoms with Crippen LogP contribution < -0.4 is 10.5 Å². The lowest BCUT2D eigenvalue weighted by atomic mass is 9.86. The Bertz CT molecular complexity index is 365. The minimum Gasteiger partial charge on any atom is -0.490 e. The van der Waals surface area contributed by atoms with Gasteiger partial charge in [-0.3, -0.25) is 4.68 Å². The minimum atomic E-state index is 0. The maximum Gasteiger partial charge on any atom is 0.157 e. The summed E-state index contributed by atoms with van der Waals surface area (Å²) in [6.07, 6.45) is 9.40. The van der Waals surface area contributed by atoms with Crippen molar-refractivity contribution in [3.05, 3.63) is 12.4 Å². The molecule has 0 aromatic carbocycles. The molecule has 1 aliphatic carbocycles. The number of rotatable bonds is 7. The predicted octanol–water partition coefficient (Wildman–Crippen LogP) is 2.24. The molecule has 20 heavy (non-hydrogen) atoms. The topological polar surface area (TPSA) is 62.3 Å². The zero-order valence-electron chi connectivity index (χ0n) is 12.2. The molecule has 1 aromatic heterocycles. The van der Waals surface area contributed by atoms with Crippen LogP contribution in [0.2, 0.25) is 0 Å². The summed E-state index contributed by atoms with van der Waals surface area (Å²) in [6.45, 7) is 2.39. The summed E-state index contributed by atoms with van der Waals surface area (Å²) in [7, 11) is 1.70. The molecule has 0 amide bonds. The predicted molar refractivity (Wildman–Crippen MR) is 81.4 cm³/mol. The molecular weight excluding hydrogens is 278 g/mol. The molecule has 1 aromatic rings. The van der Waals surface area contributed by atoms with Crippen LogP contribution >= 0.6 is 12.4 Å². The lowest BCUT2D eigenvalue weighted by Gasteiger charge is -2.25. The third-order valence-electron chi connectivity index (χ3n) is 3.71. The van der Waals surface area contributed by atoms with E-state index in [4.69, 9.17) is 15.2 Å². The fourth-order valence-corrected chi connectivity index (χ4v) is 2.55. The molecule has 0 unspecified atom stereocenters. The van der Waals surface area contributed by atoms with E-state index in [2.05, 4.69) is 5.10 Å². The molecule has 1 saturated carbocycles. The van der Waals surface area contributed by atoms with Crippen molar-refractivity contribution in [1.82, 2.24) is 9.78 Å². The Balaban J connectivity index is 0.00000200. The Hall–Kier alpha value is -0.780. The molecule has 2 N–H and O–H groups in total. The quantitative estimate of drug-likeness (QED) is 0.785. The van der Waals surface area contributed by atoms with Crippen LogP contribution in [0.25, 0.3) is 0 Å². The maximum atomic E-state index is 5.92. The second kappa shape index (κ2) is 9.21. The Morgan fingerprint density at radius 1 is 1.30 bits per heavy atom. The highest BCUT2D eigenvalue weighted by molar-refractivity contribution is 5.85. The summed E-state index contributed by atoms with van der Waals surface area (Å²) in [4.78, 5) is 0. The molecule has 2 rings (SSSR count). The van der Waals surface area contributed by atoms with E-state index in [1.807, 2.05) is 10.9 Å². The first-order valence-corrected chi connectivity index (χ1v) is 7.17. The Morgan fingerprint density at radius 2 is 2.05 bits per heavy atom.